The first-order chi connectivity index (χ1) is 11.3. The third-order valence-corrected chi connectivity index (χ3v) is 4.61. The minimum atomic E-state index is -0.900. The normalized spacial score (nSPS) is 15.8. The Bertz CT molecular complexity index is 867. The Morgan fingerprint density at radius 2 is 1.83 bits per heavy atom. The van der Waals surface area contributed by atoms with Crippen molar-refractivity contribution in [2.45, 2.75) is 32.5 Å². The number of aliphatic hydroxyl groups is 1. The van der Waals surface area contributed by atoms with Gasteiger partial charge in [-0.15, -0.1) is 0 Å². The van der Waals surface area contributed by atoms with Gasteiger partial charge < -0.3 is 9.84 Å². The highest BCUT2D eigenvalue weighted by molar-refractivity contribution is 5.98. The van der Waals surface area contributed by atoms with Gasteiger partial charge in [0.05, 0.1) is 0 Å². The minimum Gasteiger partial charge on any atom is -0.459 e. The molecule has 0 radical (unpaired) electrons. The van der Waals surface area contributed by atoms with Crippen molar-refractivity contribution in [3.05, 3.63) is 65.7 Å². The van der Waals surface area contributed by atoms with Gasteiger partial charge in [-0.3, -0.25) is 0 Å². The molecule has 0 fully saturated rings. The highest BCUT2D eigenvalue weighted by Gasteiger charge is 2.27. The number of benzene rings is 3. The van der Waals surface area contributed by atoms with Gasteiger partial charge in [-0.2, -0.15) is 0 Å². The van der Waals surface area contributed by atoms with E-state index in [1.165, 1.54) is 10.9 Å². The molecule has 3 aromatic rings. The maximum atomic E-state index is 10.4. The minimum absolute atomic E-state index is 0.820. The lowest BCUT2D eigenvalue weighted by molar-refractivity contribution is -0.0202. The van der Waals surface area contributed by atoms with Gasteiger partial charge in [0.1, 0.15) is 5.75 Å². The summed E-state index contributed by atoms with van der Waals surface area (Å²) in [5.41, 5.74) is 4.41. The number of unbranched alkanes of at least 4 members (excludes halogenated alkanes) is 1. The van der Waals surface area contributed by atoms with Crippen LogP contribution in [-0.2, 0) is 6.42 Å². The number of hydrogen-bond donors (Lipinski definition) is 1. The number of fused-ring (bicyclic) bond motifs is 5. The first-order valence-electron chi connectivity index (χ1n) is 8.28. The smallest absolute Gasteiger partial charge is 0.224 e. The molecule has 0 bridgehead atoms. The van der Waals surface area contributed by atoms with Crippen molar-refractivity contribution in [1.29, 1.82) is 0 Å². The Balaban J connectivity index is 2.04. The predicted molar refractivity (Wildman–Crippen MR) is 93.6 cm³/mol. The zero-order valence-corrected chi connectivity index (χ0v) is 13.3. The second-order valence-electron chi connectivity index (χ2n) is 6.12. The summed E-state index contributed by atoms with van der Waals surface area (Å²) in [4.78, 5) is 0. The quantitative estimate of drug-likeness (QED) is 0.717. The van der Waals surface area contributed by atoms with Crippen molar-refractivity contribution in [3.8, 4) is 16.9 Å². The zero-order chi connectivity index (χ0) is 15.8. The molecule has 0 aromatic heterocycles. The van der Waals surface area contributed by atoms with E-state index in [0.29, 0.717) is 0 Å². The van der Waals surface area contributed by atoms with Crippen molar-refractivity contribution >= 4 is 10.8 Å². The summed E-state index contributed by atoms with van der Waals surface area (Å²) in [6.45, 7) is 2.21. The summed E-state index contributed by atoms with van der Waals surface area (Å²) in [6.07, 6.45) is 2.43. The van der Waals surface area contributed by atoms with Gasteiger partial charge in [-0.05, 0) is 29.4 Å². The van der Waals surface area contributed by atoms with Gasteiger partial charge in [-0.1, -0.05) is 67.9 Å². The van der Waals surface area contributed by atoms with Gasteiger partial charge in [0.15, 0.2) is 0 Å². The molecule has 116 valence electrons. The molecule has 2 nitrogen and oxygen atoms in total. The lowest BCUT2D eigenvalue weighted by atomic mass is 9.87. The van der Waals surface area contributed by atoms with Crippen LogP contribution in [0.1, 0.15) is 37.2 Å². The van der Waals surface area contributed by atoms with Gasteiger partial charge in [0, 0.05) is 16.5 Å². The number of aryl methyl sites for hydroxylation is 1. The van der Waals surface area contributed by atoms with E-state index in [1.54, 1.807) is 0 Å². The molecule has 0 saturated carbocycles. The van der Waals surface area contributed by atoms with Crippen LogP contribution in [0.25, 0.3) is 21.9 Å². The SMILES string of the molecule is CCCCc1cc2ccccc2c2c1-c1ccccc1C(O)O2. The predicted octanol–water partition coefficient (Wildman–Crippen LogP) is 5.23. The van der Waals surface area contributed by atoms with Crippen LogP contribution in [0.3, 0.4) is 0 Å². The molecule has 1 unspecified atom stereocenters. The van der Waals surface area contributed by atoms with E-state index in [1.807, 2.05) is 30.3 Å². The van der Waals surface area contributed by atoms with Crippen LogP contribution in [0.2, 0.25) is 0 Å². The molecule has 2 heteroatoms. The van der Waals surface area contributed by atoms with E-state index in [0.717, 1.165) is 47.1 Å². The van der Waals surface area contributed by atoms with Gasteiger partial charge >= 0.3 is 0 Å². The van der Waals surface area contributed by atoms with E-state index in [-0.39, 0.29) is 0 Å². The topological polar surface area (TPSA) is 29.5 Å². The first-order valence-corrected chi connectivity index (χ1v) is 8.28. The molecular formula is C21H20O2. The second kappa shape index (κ2) is 5.71. The third kappa shape index (κ3) is 2.30. The van der Waals surface area contributed by atoms with E-state index in [9.17, 15) is 5.11 Å². The van der Waals surface area contributed by atoms with Gasteiger partial charge in [0.2, 0.25) is 6.29 Å². The van der Waals surface area contributed by atoms with Crippen molar-refractivity contribution in [1.82, 2.24) is 0 Å². The average Bonchev–Trinajstić information content (AvgIpc) is 2.60. The summed E-state index contributed by atoms with van der Waals surface area (Å²) in [6, 6.07) is 18.5. The van der Waals surface area contributed by atoms with Crippen LogP contribution in [0.4, 0.5) is 0 Å². The van der Waals surface area contributed by atoms with Crippen LogP contribution in [-0.4, -0.2) is 5.11 Å². The van der Waals surface area contributed by atoms with E-state index in [2.05, 4.69) is 31.2 Å². The Morgan fingerprint density at radius 3 is 2.70 bits per heavy atom. The van der Waals surface area contributed by atoms with Crippen LogP contribution in [0.5, 0.6) is 5.75 Å². The molecule has 1 aliphatic heterocycles. The molecule has 0 aliphatic carbocycles. The molecule has 0 saturated heterocycles. The number of hydrogen-bond acceptors (Lipinski definition) is 2. The lowest BCUT2D eigenvalue weighted by Crippen LogP contribution is -2.14. The van der Waals surface area contributed by atoms with E-state index < -0.39 is 6.29 Å². The van der Waals surface area contributed by atoms with E-state index >= 15 is 0 Å². The fourth-order valence-corrected chi connectivity index (χ4v) is 3.47. The first kappa shape index (κ1) is 14.3. The lowest BCUT2D eigenvalue weighted by Gasteiger charge is -2.28. The molecule has 3 aromatic carbocycles. The molecule has 0 spiro atoms. The Morgan fingerprint density at radius 1 is 1.04 bits per heavy atom. The molecule has 1 aliphatic rings. The van der Waals surface area contributed by atoms with Crippen molar-refractivity contribution in [2.75, 3.05) is 0 Å². The Hall–Kier alpha value is -2.32. The van der Waals surface area contributed by atoms with Crippen LogP contribution in [0.15, 0.2) is 54.6 Å². The van der Waals surface area contributed by atoms with Crippen LogP contribution >= 0.6 is 0 Å². The molecule has 4 rings (SSSR count). The zero-order valence-electron chi connectivity index (χ0n) is 13.3. The molecule has 1 heterocycles. The van der Waals surface area contributed by atoms with Gasteiger partial charge in [0.25, 0.3) is 0 Å². The third-order valence-electron chi connectivity index (χ3n) is 4.61. The number of ether oxygens (including phenoxy) is 1. The summed E-state index contributed by atoms with van der Waals surface area (Å²) in [5.74, 6) is 0.820. The van der Waals surface area contributed by atoms with Crippen molar-refractivity contribution in [3.63, 3.8) is 0 Å². The fraction of sp³-hybridized carbons (Fsp3) is 0.238. The highest BCUT2D eigenvalue weighted by Crippen LogP contribution is 2.47. The highest BCUT2D eigenvalue weighted by atomic mass is 16.6. The number of aliphatic hydroxyl groups excluding tert-OH is 1. The maximum absolute atomic E-state index is 10.4. The molecular weight excluding hydrogens is 284 g/mol. The monoisotopic (exact) mass is 304 g/mol. The summed E-state index contributed by atoms with van der Waals surface area (Å²) in [5, 5.41) is 12.6. The molecule has 1 N–H and O–H groups in total. The van der Waals surface area contributed by atoms with Crippen molar-refractivity contribution in [2.24, 2.45) is 0 Å². The molecule has 0 amide bonds. The average molecular weight is 304 g/mol. The molecule has 23 heavy (non-hydrogen) atoms. The Labute approximate surface area is 136 Å². The second-order valence-corrected chi connectivity index (χ2v) is 6.12. The van der Waals surface area contributed by atoms with Gasteiger partial charge in [-0.25, -0.2) is 0 Å². The van der Waals surface area contributed by atoms with Crippen LogP contribution < -0.4 is 4.74 Å². The standard InChI is InChI=1S/C21H20O2/c1-2-3-8-15-13-14-9-4-5-10-16(14)20-19(15)17-11-6-7-12-18(17)21(22)23-20/h4-7,9-13,21-22H,2-3,8H2,1H3. The maximum Gasteiger partial charge on any atom is 0.224 e. The van der Waals surface area contributed by atoms with E-state index in [4.69, 9.17) is 4.74 Å². The summed E-state index contributed by atoms with van der Waals surface area (Å²) >= 11 is 0. The van der Waals surface area contributed by atoms with Crippen molar-refractivity contribution < 1.29 is 9.84 Å². The largest absolute Gasteiger partial charge is 0.459 e. The number of rotatable bonds is 3. The van der Waals surface area contributed by atoms with Crippen LogP contribution in [0, 0.1) is 0 Å². The summed E-state index contributed by atoms with van der Waals surface area (Å²) < 4.78 is 5.95. The molecule has 1 atom stereocenters. The Kier molecular flexibility index (Phi) is 3.55. The fourth-order valence-electron chi connectivity index (χ4n) is 3.47. The summed E-state index contributed by atoms with van der Waals surface area (Å²) in [7, 11) is 0.